The first-order valence-electron chi connectivity index (χ1n) is 10.3. The Labute approximate surface area is 162 Å². The lowest BCUT2D eigenvalue weighted by Gasteiger charge is -2.37. The molecule has 0 saturated heterocycles. The third-order valence-corrected chi connectivity index (χ3v) is 5.74. The Balaban J connectivity index is 1.36. The van der Waals surface area contributed by atoms with E-state index in [-0.39, 0.29) is 18.6 Å². The second-order valence-corrected chi connectivity index (χ2v) is 8.33. The minimum absolute atomic E-state index is 0.0136. The number of nitrogens with zero attached hydrogens (tertiary/aromatic N) is 1. The molecule has 1 aromatic heterocycles. The van der Waals surface area contributed by atoms with Crippen molar-refractivity contribution in [3.8, 4) is 0 Å². The van der Waals surface area contributed by atoms with E-state index in [9.17, 15) is 4.79 Å². The summed E-state index contributed by atoms with van der Waals surface area (Å²) in [5.41, 5.74) is 2.05. The number of aromatic amines is 1. The number of para-hydroxylation sites is 2. The number of fused-ring (bicyclic) bond motifs is 1. The van der Waals surface area contributed by atoms with E-state index in [1.54, 1.807) is 0 Å². The van der Waals surface area contributed by atoms with E-state index in [1.165, 1.54) is 12.8 Å². The van der Waals surface area contributed by atoms with E-state index in [0.29, 0.717) is 24.3 Å². The summed E-state index contributed by atoms with van der Waals surface area (Å²) in [5, 5.41) is 2.98. The van der Waals surface area contributed by atoms with Crippen molar-refractivity contribution < 1.29 is 9.53 Å². The van der Waals surface area contributed by atoms with Gasteiger partial charge in [-0.15, -0.1) is 0 Å². The number of carbonyl (C=O) groups is 1. The number of ether oxygens (including phenoxy) is 1. The highest BCUT2D eigenvalue weighted by Gasteiger charge is 2.31. The number of carbonyl (C=O) groups excluding carboxylic acids is 1. The molecule has 2 N–H and O–H groups in total. The zero-order valence-corrected chi connectivity index (χ0v) is 16.8. The van der Waals surface area contributed by atoms with Crippen molar-refractivity contribution in [3.63, 3.8) is 0 Å². The van der Waals surface area contributed by atoms with Gasteiger partial charge in [0, 0.05) is 13.0 Å². The van der Waals surface area contributed by atoms with Gasteiger partial charge in [0.15, 0.2) is 0 Å². The van der Waals surface area contributed by atoms with Crippen LogP contribution in [0.3, 0.4) is 0 Å². The maximum absolute atomic E-state index is 12.1. The zero-order chi connectivity index (χ0) is 19.2. The van der Waals surface area contributed by atoms with E-state index >= 15 is 0 Å². The fourth-order valence-corrected chi connectivity index (χ4v) is 4.15. The molecule has 1 fully saturated rings. The molecule has 1 aromatic carbocycles. The number of H-pyrrole nitrogens is 1. The second-order valence-electron chi connectivity index (χ2n) is 8.33. The van der Waals surface area contributed by atoms with Crippen LogP contribution in [0.1, 0.15) is 52.3 Å². The summed E-state index contributed by atoms with van der Waals surface area (Å²) in [4.78, 5) is 20.0. The Morgan fingerprint density at radius 1 is 1.33 bits per heavy atom. The number of benzene rings is 1. The number of imidazole rings is 1. The Kier molecular flexibility index (Phi) is 6.89. The van der Waals surface area contributed by atoms with Crippen molar-refractivity contribution in [2.24, 2.45) is 17.8 Å². The van der Waals surface area contributed by atoms with Gasteiger partial charge in [-0.2, -0.15) is 0 Å². The number of hydrogen-bond acceptors (Lipinski definition) is 3. The molecule has 0 bridgehead atoms. The Hall–Kier alpha value is -1.88. The zero-order valence-electron chi connectivity index (χ0n) is 16.8. The van der Waals surface area contributed by atoms with Gasteiger partial charge in [0.25, 0.3) is 0 Å². The first-order valence-corrected chi connectivity index (χ1v) is 10.3. The van der Waals surface area contributed by atoms with Crippen molar-refractivity contribution in [2.45, 2.75) is 59.0 Å². The van der Waals surface area contributed by atoms with Gasteiger partial charge < -0.3 is 15.0 Å². The van der Waals surface area contributed by atoms with E-state index in [0.717, 1.165) is 36.1 Å². The van der Waals surface area contributed by atoms with Gasteiger partial charge in [0.2, 0.25) is 5.91 Å². The molecule has 5 heteroatoms. The topological polar surface area (TPSA) is 67.0 Å². The molecular formula is C22H33N3O2. The van der Waals surface area contributed by atoms with Crippen LogP contribution in [0.2, 0.25) is 0 Å². The number of hydrogen-bond donors (Lipinski definition) is 2. The number of rotatable bonds is 8. The predicted octanol–water partition coefficient (Wildman–Crippen LogP) is 4.09. The van der Waals surface area contributed by atoms with Crippen molar-refractivity contribution in [1.82, 2.24) is 15.3 Å². The maximum atomic E-state index is 12.1. The molecule has 0 aliphatic heterocycles. The predicted molar refractivity (Wildman–Crippen MR) is 109 cm³/mol. The fraction of sp³-hybridized carbons (Fsp3) is 0.636. The van der Waals surface area contributed by atoms with E-state index in [1.807, 2.05) is 24.3 Å². The van der Waals surface area contributed by atoms with Gasteiger partial charge >= 0.3 is 0 Å². The number of nitrogens with one attached hydrogen (secondary N) is 2. The van der Waals surface area contributed by atoms with Crippen LogP contribution in [0, 0.1) is 17.8 Å². The van der Waals surface area contributed by atoms with Crippen LogP contribution in [0.15, 0.2) is 24.3 Å². The molecular weight excluding hydrogens is 338 g/mol. The quantitative estimate of drug-likeness (QED) is 0.687. The van der Waals surface area contributed by atoms with E-state index in [2.05, 4.69) is 36.1 Å². The molecule has 1 amide bonds. The largest absolute Gasteiger partial charge is 0.368 e. The number of aromatic nitrogens is 2. The lowest BCUT2D eigenvalue weighted by Crippen LogP contribution is -2.37. The summed E-state index contributed by atoms with van der Waals surface area (Å²) in [6, 6.07) is 8.03. The first kappa shape index (κ1) is 19.9. The van der Waals surface area contributed by atoms with Crippen molar-refractivity contribution in [2.75, 3.05) is 13.2 Å². The van der Waals surface area contributed by atoms with Crippen LogP contribution < -0.4 is 5.32 Å². The maximum Gasteiger partial charge on any atom is 0.246 e. The van der Waals surface area contributed by atoms with Gasteiger partial charge in [-0.05, 0) is 49.1 Å². The van der Waals surface area contributed by atoms with Crippen molar-refractivity contribution in [3.05, 3.63) is 30.1 Å². The summed E-state index contributed by atoms with van der Waals surface area (Å²) in [7, 11) is 0. The third-order valence-electron chi connectivity index (χ3n) is 5.74. The number of amides is 1. The molecule has 3 rings (SSSR count). The minimum Gasteiger partial charge on any atom is -0.368 e. The van der Waals surface area contributed by atoms with E-state index in [4.69, 9.17) is 4.74 Å². The molecule has 0 unspecified atom stereocenters. The van der Waals surface area contributed by atoms with Gasteiger partial charge in [-0.3, -0.25) is 4.79 Å². The van der Waals surface area contributed by atoms with E-state index < -0.39 is 0 Å². The normalized spacial score (nSPS) is 23.0. The summed E-state index contributed by atoms with van der Waals surface area (Å²) >= 11 is 0. The molecule has 1 heterocycles. The average molecular weight is 372 g/mol. The molecule has 27 heavy (non-hydrogen) atoms. The highest BCUT2D eigenvalue weighted by Crippen LogP contribution is 2.35. The fourth-order valence-electron chi connectivity index (χ4n) is 4.15. The molecule has 1 aliphatic rings. The summed E-state index contributed by atoms with van der Waals surface area (Å²) in [6.07, 6.45) is 5.46. The van der Waals surface area contributed by atoms with Crippen LogP contribution >= 0.6 is 0 Å². The highest BCUT2D eigenvalue weighted by molar-refractivity contribution is 5.77. The van der Waals surface area contributed by atoms with Crippen LogP contribution in [0.4, 0.5) is 0 Å². The Morgan fingerprint density at radius 3 is 2.93 bits per heavy atom. The summed E-state index contributed by atoms with van der Waals surface area (Å²) in [6.45, 7) is 7.62. The Morgan fingerprint density at radius 2 is 2.15 bits per heavy atom. The molecule has 0 spiro atoms. The SMILES string of the molecule is CC(C)[C@H]1CC[C@@H](C)C[C@H]1OCC(=O)NCCCc1nc2ccccc2[nH]1. The molecule has 0 radical (unpaired) electrons. The van der Waals surface area contributed by atoms with Crippen LogP contribution in [-0.2, 0) is 16.0 Å². The van der Waals surface area contributed by atoms with Gasteiger partial charge in [-0.1, -0.05) is 39.3 Å². The average Bonchev–Trinajstić information content (AvgIpc) is 3.06. The van der Waals surface area contributed by atoms with Crippen LogP contribution in [-0.4, -0.2) is 35.1 Å². The Bertz CT molecular complexity index is 707. The monoisotopic (exact) mass is 371 g/mol. The standard InChI is InChI=1S/C22H33N3O2/c1-15(2)17-11-10-16(3)13-20(17)27-14-22(26)23-12-6-9-21-24-18-7-4-5-8-19(18)25-21/h4-5,7-8,15-17,20H,6,9-14H2,1-3H3,(H,23,26)(H,24,25)/t16-,17-,20-/m1/s1. The smallest absolute Gasteiger partial charge is 0.246 e. The minimum atomic E-state index is -0.0136. The molecule has 3 atom stereocenters. The van der Waals surface area contributed by atoms with Crippen LogP contribution in [0.25, 0.3) is 11.0 Å². The first-order chi connectivity index (χ1) is 13.0. The number of aryl methyl sites for hydroxylation is 1. The van der Waals surface area contributed by atoms with Crippen molar-refractivity contribution >= 4 is 16.9 Å². The molecule has 1 saturated carbocycles. The second kappa shape index (κ2) is 9.36. The van der Waals surface area contributed by atoms with Crippen molar-refractivity contribution in [1.29, 1.82) is 0 Å². The molecule has 1 aliphatic carbocycles. The van der Waals surface area contributed by atoms with Gasteiger partial charge in [0.1, 0.15) is 12.4 Å². The van der Waals surface area contributed by atoms with Crippen LogP contribution in [0.5, 0.6) is 0 Å². The third kappa shape index (κ3) is 5.55. The van der Waals surface area contributed by atoms with Gasteiger partial charge in [0.05, 0.1) is 17.1 Å². The molecule has 5 nitrogen and oxygen atoms in total. The van der Waals surface area contributed by atoms with Gasteiger partial charge in [-0.25, -0.2) is 4.98 Å². The summed E-state index contributed by atoms with van der Waals surface area (Å²) in [5.74, 6) is 2.83. The molecule has 2 aromatic rings. The lowest BCUT2D eigenvalue weighted by atomic mass is 9.75. The summed E-state index contributed by atoms with van der Waals surface area (Å²) < 4.78 is 6.01. The highest BCUT2D eigenvalue weighted by atomic mass is 16.5. The molecule has 148 valence electrons. The lowest BCUT2D eigenvalue weighted by molar-refractivity contribution is -0.131.